The zero-order chi connectivity index (χ0) is 21.2. The van der Waals surface area contributed by atoms with Gasteiger partial charge in [0, 0.05) is 16.7 Å². The number of benzene rings is 4. The lowest BCUT2D eigenvalue weighted by atomic mass is 9.93. The molecule has 0 heterocycles. The molecular weight excluding hydrogens is 380 g/mol. The third kappa shape index (κ3) is 3.47. The molecule has 2 heteroatoms. The van der Waals surface area contributed by atoms with Crippen molar-refractivity contribution in [2.24, 2.45) is 0 Å². The van der Waals surface area contributed by atoms with E-state index in [2.05, 4.69) is 12.1 Å². The molecule has 1 aliphatic rings. The predicted octanol–water partition coefficient (Wildman–Crippen LogP) is 6.82. The predicted molar refractivity (Wildman–Crippen MR) is 124 cm³/mol. The van der Waals surface area contributed by atoms with Gasteiger partial charge in [0.15, 0.2) is 6.10 Å². The van der Waals surface area contributed by atoms with E-state index in [1.54, 1.807) is 0 Å². The Bertz CT molecular complexity index is 1180. The largest absolute Gasteiger partial charge is 0.449 e. The Morgan fingerprint density at radius 3 is 1.52 bits per heavy atom. The van der Waals surface area contributed by atoms with Gasteiger partial charge in [0.25, 0.3) is 0 Å². The van der Waals surface area contributed by atoms with Crippen molar-refractivity contribution in [2.75, 3.05) is 0 Å². The lowest BCUT2D eigenvalue weighted by Crippen LogP contribution is -2.13. The van der Waals surface area contributed by atoms with Crippen LogP contribution in [0.25, 0.3) is 16.7 Å². The van der Waals surface area contributed by atoms with E-state index < -0.39 is 6.10 Å². The molecule has 2 nitrogen and oxygen atoms in total. The summed E-state index contributed by atoms with van der Waals surface area (Å²) in [7, 11) is 0. The first kappa shape index (κ1) is 19.1. The van der Waals surface area contributed by atoms with E-state index in [-0.39, 0.29) is 5.97 Å². The Balaban J connectivity index is 1.57. The van der Waals surface area contributed by atoms with Crippen LogP contribution in [-0.4, -0.2) is 5.97 Å². The highest BCUT2D eigenvalue weighted by Crippen LogP contribution is 2.45. The first-order valence-corrected chi connectivity index (χ1v) is 10.4. The second kappa shape index (κ2) is 8.08. The minimum atomic E-state index is -0.400. The van der Waals surface area contributed by atoms with Crippen LogP contribution in [0.5, 0.6) is 0 Å². The highest BCUT2D eigenvalue weighted by Gasteiger charge is 2.31. The second-order valence-corrected chi connectivity index (χ2v) is 7.69. The molecule has 5 rings (SSSR count). The summed E-state index contributed by atoms with van der Waals surface area (Å²) < 4.78 is 6.15. The maximum absolute atomic E-state index is 13.4. The molecular formula is C29H22O2. The van der Waals surface area contributed by atoms with Crippen molar-refractivity contribution in [1.29, 1.82) is 0 Å². The number of ether oxygens (including phenoxy) is 1. The van der Waals surface area contributed by atoms with Crippen molar-refractivity contribution in [3.63, 3.8) is 0 Å². The molecule has 0 fully saturated rings. The highest BCUT2D eigenvalue weighted by molar-refractivity contribution is 6.01. The van der Waals surface area contributed by atoms with E-state index in [1.165, 1.54) is 0 Å². The van der Waals surface area contributed by atoms with Crippen LogP contribution in [0, 0.1) is 0 Å². The molecule has 0 aliphatic heterocycles. The average Bonchev–Trinajstić information content (AvgIpc) is 3.14. The molecule has 0 radical (unpaired) electrons. The van der Waals surface area contributed by atoms with Gasteiger partial charge in [0.05, 0.1) is 0 Å². The van der Waals surface area contributed by atoms with Crippen molar-refractivity contribution in [3.05, 3.63) is 137 Å². The van der Waals surface area contributed by atoms with Gasteiger partial charge in [0.2, 0.25) is 0 Å². The summed E-state index contributed by atoms with van der Waals surface area (Å²) in [6.07, 6.45) is -0.400. The maximum atomic E-state index is 13.4. The molecule has 4 aromatic rings. The lowest BCUT2D eigenvalue weighted by Gasteiger charge is -2.18. The Morgan fingerprint density at radius 1 is 0.613 bits per heavy atom. The molecule has 1 aliphatic carbocycles. The molecule has 0 atom stereocenters. The fraction of sp³-hybridized carbons (Fsp3) is 0.0690. The molecule has 0 saturated carbocycles. The van der Waals surface area contributed by atoms with Crippen molar-refractivity contribution < 1.29 is 9.53 Å². The third-order valence-electron chi connectivity index (χ3n) is 5.81. The number of fused-ring (bicyclic) bond motifs is 3. The van der Waals surface area contributed by atoms with E-state index in [9.17, 15) is 4.79 Å². The van der Waals surface area contributed by atoms with Crippen molar-refractivity contribution in [3.8, 4) is 11.1 Å². The number of carbonyl (C=O) groups is 1. The fourth-order valence-corrected chi connectivity index (χ4v) is 4.34. The van der Waals surface area contributed by atoms with Crippen LogP contribution in [0.15, 0.2) is 115 Å². The van der Waals surface area contributed by atoms with Gasteiger partial charge in [0.1, 0.15) is 0 Å². The van der Waals surface area contributed by atoms with Crippen molar-refractivity contribution in [1.82, 2.24) is 0 Å². The van der Waals surface area contributed by atoms with E-state index in [0.717, 1.165) is 39.0 Å². The van der Waals surface area contributed by atoms with Crippen LogP contribution in [0.3, 0.4) is 0 Å². The molecule has 0 N–H and O–H groups in total. The summed E-state index contributed by atoms with van der Waals surface area (Å²) in [6, 6.07) is 36.3. The molecule has 0 amide bonds. The van der Waals surface area contributed by atoms with Crippen LogP contribution in [-0.2, 0) is 9.53 Å². The minimum Gasteiger partial charge on any atom is -0.449 e. The standard InChI is InChI=1S/C29H22O2/c1-20(27(21-12-4-2-5-13-21)22-14-6-3-7-15-22)29(30)31-28-25-18-10-8-16-23(25)24-17-9-11-19-26(24)28/h2-19,28H,1H3. The summed E-state index contributed by atoms with van der Waals surface area (Å²) >= 11 is 0. The maximum Gasteiger partial charge on any atom is 0.335 e. The summed E-state index contributed by atoms with van der Waals surface area (Å²) in [4.78, 5) is 13.4. The quantitative estimate of drug-likeness (QED) is 0.276. The van der Waals surface area contributed by atoms with E-state index in [0.29, 0.717) is 5.57 Å². The minimum absolute atomic E-state index is 0.306. The van der Waals surface area contributed by atoms with Gasteiger partial charge >= 0.3 is 5.97 Å². The number of carbonyl (C=O) groups excluding carboxylic acids is 1. The van der Waals surface area contributed by atoms with E-state index in [4.69, 9.17) is 4.74 Å². The van der Waals surface area contributed by atoms with Crippen LogP contribution < -0.4 is 0 Å². The molecule has 150 valence electrons. The number of hydrogen-bond donors (Lipinski definition) is 0. The molecule has 31 heavy (non-hydrogen) atoms. The third-order valence-corrected chi connectivity index (χ3v) is 5.81. The van der Waals surface area contributed by atoms with Crippen molar-refractivity contribution in [2.45, 2.75) is 13.0 Å². The highest BCUT2D eigenvalue weighted by atomic mass is 16.5. The van der Waals surface area contributed by atoms with Crippen molar-refractivity contribution >= 4 is 11.5 Å². The summed E-state index contributed by atoms with van der Waals surface area (Å²) in [6.45, 7) is 1.85. The van der Waals surface area contributed by atoms with Crippen LogP contribution in [0.4, 0.5) is 0 Å². The molecule has 0 bridgehead atoms. The first-order chi connectivity index (χ1) is 15.2. The number of esters is 1. The zero-order valence-corrected chi connectivity index (χ0v) is 17.3. The monoisotopic (exact) mass is 402 g/mol. The number of hydrogen-bond acceptors (Lipinski definition) is 2. The molecule has 0 aromatic heterocycles. The van der Waals surface area contributed by atoms with Gasteiger partial charge in [-0.05, 0) is 34.8 Å². The Labute approximate surface area is 182 Å². The molecule has 4 aromatic carbocycles. The SMILES string of the molecule is CC(C(=O)OC1c2ccccc2-c2ccccc21)=C(c1ccccc1)c1ccccc1. The smallest absolute Gasteiger partial charge is 0.335 e. The molecule has 0 spiro atoms. The fourth-order valence-electron chi connectivity index (χ4n) is 4.34. The van der Waals surface area contributed by atoms with Crippen LogP contribution in [0.1, 0.15) is 35.3 Å². The first-order valence-electron chi connectivity index (χ1n) is 10.4. The van der Waals surface area contributed by atoms with Crippen LogP contribution in [0.2, 0.25) is 0 Å². The summed E-state index contributed by atoms with van der Waals surface area (Å²) in [5.41, 5.74) is 7.81. The number of rotatable bonds is 4. The van der Waals surface area contributed by atoms with Gasteiger partial charge in [-0.2, -0.15) is 0 Å². The average molecular weight is 402 g/mol. The molecule has 0 unspecified atom stereocenters. The van der Waals surface area contributed by atoms with Gasteiger partial charge in [-0.15, -0.1) is 0 Å². The van der Waals surface area contributed by atoms with Gasteiger partial charge in [-0.3, -0.25) is 0 Å². The summed E-state index contributed by atoms with van der Waals surface area (Å²) in [5, 5.41) is 0. The lowest BCUT2D eigenvalue weighted by molar-refractivity contribution is -0.142. The van der Waals surface area contributed by atoms with Gasteiger partial charge < -0.3 is 4.74 Å². The summed E-state index contributed by atoms with van der Waals surface area (Å²) in [5.74, 6) is -0.306. The van der Waals surface area contributed by atoms with Gasteiger partial charge in [-0.25, -0.2) is 4.79 Å². The Hall–Kier alpha value is -3.91. The molecule has 0 saturated heterocycles. The second-order valence-electron chi connectivity index (χ2n) is 7.69. The normalized spacial score (nSPS) is 12.0. The topological polar surface area (TPSA) is 26.3 Å². The van der Waals surface area contributed by atoms with Gasteiger partial charge in [-0.1, -0.05) is 109 Å². The zero-order valence-electron chi connectivity index (χ0n) is 17.3. The Kier molecular flexibility index (Phi) is 4.97. The van der Waals surface area contributed by atoms with E-state index >= 15 is 0 Å². The van der Waals surface area contributed by atoms with E-state index in [1.807, 2.05) is 104 Å². The van der Waals surface area contributed by atoms with Crippen LogP contribution >= 0.6 is 0 Å². The Morgan fingerprint density at radius 2 is 1.03 bits per heavy atom.